The van der Waals surface area contributed by atoms with Gasteiger partial charge in [-0.25, -0.2) is 15.0 Å². The monoisotopic (exact) mass is 704 g/mol. The van der Waals surface area contributed by atoms with Crippen LogP contribution in [-0.4, -0.2) is 29.5 Å². The van der Waals surface area contributed by atoms with Crippen LogP contribution in [0.25, 0.3) is 95.3 Å². The maximum atomic E-state index is 5.05. The highest BCUT2D eigenvalue weighted by atomic mass is 15.0. The van der Waals surface area contributed by atoms with E-state index in [4.69, 9.17) is 19.9 Å². The summed E-state index contributed by atoms with van der Waals surface area (Å²) in [6.07, 6.45) is 3.67. The molecule has 0 saturated heterocycles. The van der Waals surface area contributed by atoms with Gasteiger partial charge < -0.3 is 4.57 Å². The van der Waals surface area contributed by atoms with Crippen molar-refractivity contribution in [3.05, 3.63) is 194 Å². The molecule has 0 atom stereocenters. The van der Waals surface area contributed by atoms with Crippen LogP contribution in [0.15, 0.2) is 194 Å². The van der Waals surface area contributed by atoms with Crippen molar-refractivity contribution in [3.8, 4) is 73.5 Å². The minimum absolute atomic E-state index is 0.605. The first kappa shape index (κ1) is 32.1. The maximum absolute atomic E-state index is 5.05. The molecule has 0 bridgehead atoms. The van der Waals surface area contributed by atoms with Gasteiger partial charge in [0.1, 0.15) is 0 Å². The van der Waals surface area contributed by atoms with E-state index in [0.717, 1.165) is 56.0 Å². The van der Waals surface area contributed by atoms with Crippen molar-refractivity contribution >= 4 is 21.8 Å². The van der Waals surface area contributed by atoms with E-state index in [2.05, 4.69) is 125 Å². The number of hydrogen-bond donors (Lipinski definition) is 0. The van der Waals surface area contributed by atoms with Crippen LogP contribution >= 0.6 is 0 Å². The van der Waals surface area contributed by atoms with Gasteiger partial charge in [0, 0.05) is 51.1 Å². The van der Waals surface area contributed by atoms with E-state index in [9.17, 15) is 0 Å². The second-order valence-electron chi connectivity index (χ2n) is 13.4. The Morgan fingerprint density at radius 2 is 0.891 bits per heavy atom. The van der Waals surface area contributed by atoms with E-state index >= 15 is 0 Å². The average Bonchev–Trinajstić information content (AvgIpc) is 3.61. The van der Waals surface area contributed by atoms with Crippen LogP contribution in [0.4, 0.5) is 0 Å². The Morgan fingerprint density at radius 1 is 0.327 bits per heavy atom. The fourth-order valence-corrected chi connectivity index (χ4v) is 7.24. The van der Waals surface area contributed by atoms with Crippen molar-refractivity contribution in [2.45, 2.75) is 0 Å². The smallest absolute Gasteiger partial charge is 0.164 e. The van der Waals surface area contributed by atoms with Gasteiger partial charge in [-0.2, -0.15) is 0 Å². The summed E-state index contributed by atoms with van der Waals surface area (Å²) >= 11 is 0. The number of nitrogens with zero attached hydrogens (tertiary/aromatic N) is 6. The molecule has 4 aromatic heterocycles. The lowest BCUT2D eigenvalue weighted by atomic mass is 10.0. The molecule has 0 aliphatic heterocycles. The van der Waals surface area contributed by atoms with Gasteiger partial charge in [0.25, 0.3) is 0 Å². The lowest BCUT2D eigenvalue weighted by molar-refractivity contribution is 1.07. The quantitative estimate of drug-likeness (QED) is 0.165. The first-order valence-corrected chi connectivity index (χ1v) is 18.2. The molecule has 6 nitrogen and oxygen atoms in total. The van der Waals surface area contributed by atoms with Crippen LogP contribution < -0.4 is 0 Å². The molecule has 0 amide bonds. The number of hydrogen-bond acceptors (Lipinski definition) is 5. The average molecular weight is 705 g/mol. The second-order valence-corrected chi connectivity index (χ2v) is 13.4. The fraction of sp³-hybridized carbons (Fsp3) is 0. The standard InChI is InChI=1S/C49H32N6/c1-3-12-34(13-4-1)47-52-48(54-49(53-47)38-15-11-14-36(30-38)39-25-27-44(51-32-39)43-19-9-10-29-50-43)35-23-21-33(22-24-35)37-26-28-46-42(31-37)41-18-7-8-20-45(41)55(46)40-16-5-2-6-17-40/h1-32H. The molecule has 10 aromatic rings. The summed E-state index contributed by atoms with van der Waals surface area (Å²) in [7, 11) is 0. The van der Waals surface area contributed by atoms with Gasteiger partial charge in [-0.15, -0.1) is 0 Å². The summed E-state index contributed by atoms with van der Waals surface area (Å²) in [5.74, 6) is 1.84. The molecule has 6 heteroatoms. The molecule has 55 heavy (non-hydrogen) atoms. The molecule has 0 radical (unpaired) electrons. The number of rotatable bonds is 7. The predicted molar refractivity (Wildman–Crippen MR) is 222 cm³/mol. The van der Waals surface area contributed by atoms with E-state index in [0.29, 0.717) is 17.5 Å². The molecule has 0 aliphatic rings. The Kier molecular flexibility index (Phi) is 8.04. The van der Waals surface area contributed by atoms with Crippen molar-refractivity contribution < 1.29 is 0 Å². The summed E-state index contributed by atoms with van der Waals surface area (Å²) in [5.41, 5.74) is 12.2. The lowest BCUT2D eigenvalue weighted by Crippen LogP contribution is -2.00. The van der Waals surface area contributed by atoms with Crippen LogP contribution in [0.2, 0.25) is 0 Å². The molecule has 4 heterocycles. The summed E-state index contributed by atoms with van der Waals surface area (Å²) in [6, 6.07) is 62.7. The number of benzene rings is 6. The van der Waals surface area contributed by atoms with Gasteiger partial charge in [0.05, 0.1) is 22.4 Å². The normalized spacial score (nSPS) is 11.3. The summed E-state index contributed by atoms with van der Waals surface area (Å²) in [6.45, 7) is 0. The SMILES string of the molecule is c1ccc(-c2nc(-c3ccc(-c4ccc5c(c4)c4ccccc4n5-c4ccccc4)cc3)nc(-c3cccc(-c4ccc(-c5ccccn5)nc4)c3)n2)cc1. The minimum atomic E-state index is 0.605. The lowest BCUT2D eigenvalue weighted by Gasteiger charge is -2.10. The van der Waals surface area contributed by atoms with E-state index in [1.54, 1.807) is 6.20 Å². The third-order valence-corrected chi connectivity index (χ3v) is 9.98. The molecule has 0 spiro atoms. The molecule has 0 aliphatic carbocycles. The Morgan fingerprint density at radius 3 is 1.64 bits per heavy atom. The molecule has 6 aromatic carbocycles. The minimum Gasteiger partial charge on any atom is -0.309 e. The van der Waals surface area contributed by atoms with Crippen molar-refractivity contribution in [2.75, 3.05) is 0 Å². The van der Waals surface area contributed by atoms with Crippen molar-refractivity contribution in [2.24, 2.45) is 0 Å². The Balaban J connectivity index is 1.01. The predicted octanol–water partition coefficient (Wildman–Crippen LogP) is 11.8. The zero-order valence-electron chi connectivity index (χ0n) is 29.7. The van der Waals surface area contributed by atoms with Crippen molar-refractivity contribution in [3.63, 3.8) is 0 Å². The van der Waals surface area contributed by atoms with Crippen LogP contribution in [0, 0.1) is 0 Å². The van der Waals surface area contributed by atoms with Crippen LogP contribution in [0.1, 0.15) is 0 Å². The van der Waals surface area contributed by atoms with E-state index < -0.39 is 0 Å². The highest BCUT2D eigenvalue weighted by Crippen LogP contribution is 2.36. The zero-order valence-corrected chi connectivity index (χ0v) is 29.7. The molecular formula is C49H32N6. The van der Waals surface area contributed by atoms with Crippen molar-refractivity contribution in [1.29, 1.82) is 0 Å². The molecule has 0 N–H and O–H groups in total. The zero-order chi connectivity index (χ0) is 36.6. The highest BCUT2D eigenvalue weighted by molar-refractivity contribution is 6.10. The molecular weight excluding hydrogens is 673 g/mol. The second kappa shape index (κ2) is 13.8. The molecule has 0 saturated carbocycles. The maximum Gasteiger partial charge on any atom is 0.164 e. The topological polar surface area (TPSA) is 69.4 Å². The molecule has 258 valence electrons. The van der Waals surface area contributed by atoms with Gasteiger partial charge in [0.15, 0.2) is 17.5 Å². The summed E-state index contributed by atoms with van der Waals surface area (Å²) < 4.78 is 2.34. The number of fused-ring (bicyclic) bond motifs is 3. The molecule has 0 fully saturated rings. The van der Waals surface area contributed by atoms with Gasteiger partial charge in [-0.05, 0) is 71.3 Å². The number of pyridine rings is 2. The van der Waals surface area contributed by atoms with Crippen molar-refractivity contribution in [1.82, 2.24) is 29.5 Å². The molecule has 10 rings (SSSR count). The van der Waals surface area contributed by atoms with Gasteiger partial charge in [-0.3, -0.25) is 9.97 Å². The van der Waals surface area contributed by atoms with E-state index in [1.165, 1.54) is 21.8 Å². The van der Waals surface area contributed by atoms with Crippen LogP contribution in [0.3, 0.4) is 0 Å². The first-order valence-electron chi connectivity index (χ1n) is 18.2. The fourth-order valence-electron chi connectivity index (χ4n) is 7.24. The van der Waals surface area contributed by atoms with E-state index in [1.807, 2.05) is 72.9 Å². The Bertz CT molecular complexity index is 2940. The summed E-state index contributed by atoms with van der Waals surface area (Å²) in [5, 5.41) is 2.45. The Hall–Kier alpha value is -7.57. The summed E-state index contributed by atoms with van der Waals surface area (Å²) in [4.78, 5) is 24.2. The van der Waals surface area contributed by atoms with Crippen LogP contribution in [-0.2, 0) is 0 Å². The highest BCUT2D eigenvalue weighted by Gasteiger charge is 2.16. The van der Waals surface area contributed by atoms with Gasteiger partial charge >= 0.3 is 0 Å². The first-order chi connectivity index (χ1) is 27.2. The number of aromatic nitrogens is 6. The third-order valence-electron chi connectivity index (χ3n) is 9.98. The molecule has 0 unspecified atom stereocenters. The Labute approximate surface area is 318 Å². The number of para-hydroxylation sites is 2. The third kappa shape index (κ3) is 6.11. The van der Waals surface area contributed by atoms with Gasteiger partial charge in [0.2, 0.25) is 0 Å². The van der Waals surface area contributed by atoms with E-state index in [-0.39, 0.29) is 0 Å². The largest absolute Gasteiger partial charge is 0.309 e. The van der Waals surface area contributed by atoms with Crippen LogP contribution in [0.5, 0.6) is 0 Å². The van der Waals surface area contributed by atoms with Gasteiger partial charge in [-0.1, -0.05) is 127 Å².